The van der Waals surface area contributed by atoms with Gasteiger partial charge in [0.1, 0.15) is 6.54 Å². The Morgan fingerprint density at radius 1 is 1.52 bits per heavy atom. The molecule has 1 aromatic heterocycles. The molecule has 2 aliphatic rings. The number of carbonyl (C=O) groups excluding carboxylic acids is 1. The number of aromatic nitrogens is 2. The van der Waals surface area contributed by atoms with E-state index in [4.69, 9.17) is 4.74 Å². The largest absolute Gasteiger partial charge is 0.376 e. The highest BCUT2D eigenvalue weighted by Gasteiger charge is 2.28. The minimum Gasteiger partial charge on any atom is -0.376 e. The van der Waals surface area contributed by atoms with Crippen molar-refractivity contribution in [2.24, 2.45) is 12.0 Å². The van der Waals surface area contributed by atoms with E-state index in [1.54, 1.807) is 22.8 Å². The molecule has 0 aromatic carbocycles. The van der Waals surface area contributed by atoms with Gasteiger partial charge in [0, 0.05) is 46.5 Å². The summed E-state index contributed by atoms with van der Waals surface area (Å²) >= 11 is 0. The van der Waals surface area contributed by atoms with Crippen LogP contribution in [0, 0.1) is 0 Å². The maximum absolute atomic E-state index is 12.4. The molecule has 8 nitrogen and oxygen atoms in total. The molecule has 0 saturated carbocycles. The summed E-state index contributed by atoms with van der Waals surface area (Å²) < 4.78 is 7.32. The smallest absolute Gasteiger partial charge is 0.246 e. The predicted octanol–water partition coefficient (Wildman–Crippen LogP) is -0.177. The number of anilines is 1. The summed E-state index contributed by atoms with van der Waals surface area (Å²) in [6.45, 7) is 3.27. The Morgan fingerprint density at radius 3 is 3.00 bits per heavy atom. The van der Waals surface area contributed by atoms with Crippen LogP contribution in [0.25, 0.3) is 0 Å². The fourth-order valence-corrected chi connectivity index (χ4v) is 3.02. The summed E-state index contributed by atoms with van der Waals surface area (Å²) in [6.07, 6.45) is 6.03. The van der Waals surface area contributed by atoms with Crippen LogP contribution in [-0.4, -0.2) is 72.5 Å². The topological polar surface area (TPSA) is 75.0 Å². The fraction of sp³-hybridized carbons (Fsp3) is 0.667. The Balaban J connectivity index is 1.56. The van der Waals surface area contributed by atoms with E-state index >= 15 is 0 Å². The summed E-state index contributed by atoms with van der Waals surface area (Å²) in [7, 11) is 3.59. The van der Waals surface area contributed by atoms with Gasteiger partial charge >= 0.3 is 0 Å². The van der Waals surface area contributed by atoms with Crippen molar-refractivity contribution in [3.05, 3.63) is 12.4 Å². The summed E-state index contributed by atoms with van der Waals surface area (Å²) in [4.78, 5) is 20.5. The van der Waals surface area contributed by atoms with Gasteiger partial charge in [-0.2, -0.15) is 5.10 Å². The standard InChI is InChI=1S/C15H24N6O2/c1-16-15(17-9-13-4-3-7-23-13)20-5-6-21(14(22)11-20)12-8-18-19(2)10-12/h8,10,13H,3-7,9,11H2,1-2H3,(H,16,17). The lowest BCUT2D eigenvalue weighted by Crippen LogP contribution is -2.56. The zero-order valence-electron chi connectivity index (χ0n) is 13.7. The molecule has 2 aliphatic heterocycles. The second kappa shape index (κ2) is 6.99. The quantitative estimate of drug-likeness (QED) is 0.618. The molecule has 3 heterocycles. The number of nitrogens with one attached hydrogen (secondary N) is 1. The third kappa shape index (κ3) is 3.64. The molecule has 3 rings (SSSR count). The molecule has 0 radical (unpaired) electrons. The van der Waals surface area contributed by atoms with Gasteiger partial charge in [-0.05, 0) is 12.8 Å². The van der Waals surface area contributed by atoms with Crippen LogP contribution < -0.4 is 10.2 Å². The van der Waals surface area contributed by atoms with Crippen molar-refractivity contribution in [2.75, 3.05) is 44.7 Å². The molecule has 0 bridgehead atoms. The van der Waals surface area contributed by atoms with E-state index < -0.39 is 0 Å². The molecule has 1 aromatic rings. The lowest BCUT2D eigenvalue weighted by atomic mass is 10.2. The third-order valence-electron chi connectivity index (χ3n) is 4.25. The van der Waals surface area contributed by atoms with Crippen LogP contribution in [-0.2, 0) is 16.6 Å². The van der Waals surface area contributed by atoms with Gasteiger partial charge in [-0.1, -0.05) is 0 Å². The molecule has 23 heavy (non-hydrogen) atoms. The van der Waals surface area contributed by atoms with Gasteiger partial charge in [0.05, 0.1) is 18.0 Å². The van der Waals surface area contributed by atoms with E-state index in [0.717, 1.165) is 44.2 Å². The SMILES string of the molecule is CN=C(NCC1CCCO1)N1CCN(c2cnn(C)c2)C(=O)C1. The Hall–Kier alpha value is -2.09. The number of guanidine groups is 1. The second-order valence-corrected chi connectivity index (χ2v) is 5.90. The second-order valence-electron chi connectivity index (χ2n) is 5.90. The number of piperazine rings is 1. The number of ether oxygens (including phenoxy) is 1. The highest BCUT2D eigenvalue weighted by atomic mass is 16.5. The van der Waals surface area contributed by atoms with Gasteiger partial charge in [-0.15, -0.1) is 0 Å². The molecule has 0 spiro atoms. The zero-order chi connectivity index (χ0) is 16.2. The van der Waals surface area contributed by atoms with Gasteiger partial charge in [0.2, 0.25) is 5.91 Å². The van der Waals surface area contributed by atoms with Crippen LogP contribution in [0.1, 0.15) is 12.8 Å². The Kier molecular flexibility index (Phi) is 4.80. The first-order chi connectivity index (χ1) is 11.2. The minimum atomic E-state index is 0.0596. The lowest BCUT2D eigenvalue weighted by molar-refractivity contribution is -0.120. The summed E-state index contributed by atoms with van der Waals surface area (Å²) in [5, 5.41) is 7.45. The number of carbonyl (C=O) groups is 1. The fourth-order valence-electron chi connectivity index (χ4n) is 3.02. The van der Waals surface area contributed by atoms with Crippen LogP contribution in [0.15, 0.2) is 17.4 Å². The summed E-state index contributed by atoms with van der Waals surface area (Å²) in [6, 6.07) is 0. The highest BCUT2D eigenvalue weighted by Crippen LogP contribution is 2.16. The maximum Gasteiger partial charge on any atom is 0.246 e. The first-order valence-corrected chi connectivity index (χ1v) is 8.03. The number of aliphatic imine (C=N–C) groups is 1. The lowest BCUT2D eigenvalue weighted by Gasteiger charge is -2.35. The molecule has 126 valence electrons. The van der Waals surface area contributed by atoms with Gasteiger partial charge in [-0.25, -0.2) is 0 Å². The number of rotatable bonds is 3. The molecule has 2 saturated heterocycles. The summed E-state index contributed by atoms with van der Waals surface area (Å²) in [5.74, 6) is 0.823. The molecular weight excluding hydrogens is 296 g/mol. The normalized spacial score (nSPS) is 22.8. The molecular formula is C15H24N6O2. The van der Waals surface area contributed by atoms with E-state index in [0.29, 0.717) is 13.1 Å². The van der Waals surface area contributed by atoms with Crippen molar-refractivity contribution >= 4 is 17.6 Å². The Morgan fingerprint density at radius 2 is 2.39 bits per heavy atom. The van der Waals surface area contributed by atoms with Crippen LogP contribution in [0.3, 0.4) is 0 Å². The third-order valence-corrected chi connectivity index (χ3v) is 4.25. The predicted molar refractivity (Wildman–Crippen MR) is 87.5 cm³/mol. The van der Waals surface area contributed by atoms with E-state index in [2.05, 4.69) is 15.4 Å². The van der Waals surface area contributed by atoms with E-state index in [9.17, 15) is 4.79 Å². The average molecular weight is 320 g/mol. The Bertz CT molecular complexity index is 578. The van der Waals surface area contributed by atoms with E-state index in [1.807, 2.05) is 18.1 Å². The monoisotopic (exact) mass is 320 g/mol. The summed E-state index contributed by atoms with van der Waals surface area (Å²) in [5.41, 5.74) is 0.847. The molecule has 2 fully saturated rings. The zero-order valence-corrected chi connectivity index (χ0v) is 13.7. The number of amides is 1. The first kappa shape index (κ1) is 15.8. The highest BCUT2D eigenvalue weighted by molar-refractivity contribution is 5.98. The minimum absolute atomic E-state index is 0.0596. The number of aryl methyl sites for hydroxylation is 1. The number of hydrogen-bond acceptors (Lipinski definition) is 4. The van der Waals surface area contributed by atoms with Gasteiger partial charge in [0.15, 0.2) is 5.96 Å². The molecule has 0 aliphatic carbocycles. The molecule has 1 N–H and O–H groups in total. The number of nitrogens with zero attached hydrogens (tertiary/aromatic N) is 5. The number of hydrogen-bond donors (Lipinski definition) is 1. The van der Waals surface area contributed by atoms with Crippen LogP contribution in [0.2, 0.25) is 0 Å². The molecule has 8 heteroatoms. The van der Waals surface area contributed by atoms with Crippen molar-refractivity contribution in [2.45, 2.75) is 18.9 Å². The molecule has 1 atom stereocenters. The van der Waals surface area contributed by atoms with E-state index in [-0.39, 0.29) is 12.0 Å². The van der Waals surface area contributed by atoms with Crippen molar-refractivity contribution in [3.63, 3.8) is 0 Å². The van der Waals surface area contributed by atoms with Crippen LogP contribution in [0.4, 0.5) is 5.69 Å². The van der Waals surface area contributed by atoms with Gasteiger partial charge < -0.3 is 19.9 Å². The van der Waals surface area contributed by atoms with Crippen LogP contribution in [0.5, 0.6) is 0 Å². The molecule has 1 amide bonds. The maximum atomic E-state index is 12.4. The van der Waals surface area contributed by atoms with Crippen LogP contribution >= 0.6 is 0 Å². The van der Waals surface area contributed by atoms with Gasteiger partial charge in [-0.3, -0.25) is 14.5 Å². The average Bonchev–Trinajstić information content (AvgIpc) is 3.20. The first-order valence-electron chi connectivity index (χ1n) is 8.03. The molecule has 1 unspecified atom stereocenters. The van der Waals surface area contributed by atoms with Crippen molar-refractivity contribution in [3.8, 4) is 0 Å². The van der Waals surface area contributed by atoms with Gasteiger partial charge in [0.25, 0.3) is 0 Å². The van der Waals surface area contributed by atoms with Crippen molar-refractivity contribution < 1.29 is 9.53 Å². The van der Waals surface area contributed by atoms with Crippen molar-refractivity contribution in [1.29, 1.82) is 0 Å². The van der Waals surface area contributed by atoms with Crippen molar-refractivity contribution in [1.82, 2.24) is 20.0 Å². The Labute approximate surface area is 136 Å². The van der Waals surface area contributed by atoms with E-state index in [1.165, 1.54) is 0 Å².